The third-order valence-electron chi connectivity index (χ3n) is 5.81. The third-order valence-corrected chi connectivity index (χ3v) is 7.90. The van der Waals surface area contributed by atoms with Crippen molar-refractivity contribution in [3.8, 4) is 0 Å². The Morgan fingerprint density at radius 2 is 1.91 bits per heavy atom. The average Bonchev–Trinajstić information content (AvgIpc) is 3.35. The number of aromatic nitrogens is 3. The molecule has 1 saturated heterocycles. The molecule has 0 bridgehead atoms. The summed E-state index contributed by atoms with van der Waals surface area (Å²) < 4.78 is 8.25. The molecule has 0 aromatic carbocycles. The van der Waals surface area contributed by atoms with E-state index in [9.17, 15) is 9.59 Å². The zero-order valence-corrected chi connectivity index (χ0v) is 23.2. The van der Waals surface area contributed by atoms with Crippen molar-refractivity contribution < 1.29 is 14.3 Å². The van der Waals surface area contributed by atoms with Gasteiger partial charge in [0.25, 0.3) is 5.91 Å². The topological polar surface area (TPSA) is 89.4 Å². The van der Waals surface area contributed by atoms with Gasteiger partial charge < -0.3 is 19.5 Å². The molecule has 1 atom stereocenters. The van der Waals surface area contributed by atoms with Crippen molar-refractivity contribution in [1.29, 1.82) is 0 Å². The predicted molar refractivity (Wildman–Crippen MR) is 136 cm³/mol. The largest absolute Gasteiger partial charge is 0.361 e. The van der Waals surface area contributed by atoms with E-state index >= 15 is 0 Å². The van der Waals surface area contributed by atoms with Gasteiger partial charge in [-0.05, 0) is 40.2 Å². The van der Waals surface area contributed by atoms with E-state index in [-0.39, 0.29) is 11.8 Å². The molecule has 2 aromatic rings. The number of halogens is 1. The van der Waals surface area contributed by atoms with E-state index in [0.717, 1.165) is 32.0 Å². The van der Waals surface area contributed by atoms with Crippen molar-refractivity contribution >= 4 is 47.0 Å². The van der Waals surface area contributed by atoms with Crippen molar-refractivity contribution in [3.63, 3.8) is 0 Å². The van der Waals surface area contributed by atoms with Crippen molar-refractivity contribution in [1.82, 2.24) is 24.8 Å². The maximum Gasteiger partial charge on any atom is 0.255 e. The summed E-state index contributed by atoms with van der Waals surface area (Å²) in [6.07, 6.45) is 5.34. The number of nitrogens with one attached hydrogen (secondary N) is 1. The highest BCUT2D eigenvalue weighted by Crippen LogP contribution is 2.25. The molecule has 3 heterocycles. The Bertz CT molecular complexity index is 1010. The fraction of sp³-hybridized carbons (Fsp3) is 0.652. The highest BCUT2D eigenvalue weighted by atomic mass is 79.9. The van der Waals surface area contributed by atoms with Gasteiger partial charge in [-0.2, -0.15) is 0 Å². The number of hydrogen-bond acceptors (Lipinski definition) is 5. The van der Waals surface area contributed by atoms with Gasteiger partial charge in [-0.3, -0.25) is 9.59 Å². The van der Waals surface area contributed by atoms with Gasteiger partial charge in [0.2, 0.25) is 5.91 Å². The Morgan fingerprint density at radius 3 is 2.52 bits per heavy atom. The molecule has 1 fully saturated rings. The van der Waals surface area contributed by atoms with E-state index < -0.39 is 19.5 Å². The first-order valence-electron chi connectivity index (χ1n) is 11.6. The highest BCUT2D eigenvalue weighted by Gasteiger charge is 2.37. The number of ether oxygens (including phenoxy) is 1. The first-order valence-corrected chi connectivity index (χ1v) is 16.1. The van der Waals surface area contributed by atoms with Crippen LogP contribution in [-0.4, -0.2) is 65.1 Å². The first kappa shape index (κ1) is 25.8. The van der Waals surface area contributed by atoms with Crippen molar-refractivity contribution in [2.45, 2.75) is 72.1 Å². The first-order chi connectivity index (χ1) is 15.4. The van der Waals surface area contributed by atoms with Crippen LogP contribution in [0.2, 0.25) is 25.7 Å². The molecular weight excluding hydrogens is 502 g/mol. The average molecular weight is 539 g/mol. The van der Waals surface area contributed by atoms with Crippen LogP contribution in [0.25, 0.3) is 11.2 Å². The van der Waals surface area contributed by atoms with Crippen LogP contribution in [0.15, 0.2) is 17.0 Å². The van der Waals surface area contributed by atoms with Crippen LogP contribution in [-0.2, 0) is 16.3 Å². The second-order valence-corrected chi connectivity index (χ2v) is 17.5. The van der Waals surface area contributed by atoms with Crippen LogP contribution >= 0.6 is 15.9 Å². The summed E-state index contributed by atoms with van der Waals surface area (Å²) in [6.45, 7) is 15.3. The second kappa shape index (κ2) is 10.2. The van der Waals surface area contributed by atoms with Crippen LogP contribution in [0.1, 0.15) is 44.0 Å². The fourth-order valence-electron chi connectivity index (χ4n) is 3.81. The zero-order valence-electron chi connectivity index (χ0n) is 20.6. The quantitative estimate of drug-likeness (QED) is 0.401. The van der Waals surface area contributed by atoms with E-state index in [0.29, 0.717) is 34.7 Å². The van der Waals surface area contributed by atoms with Crippen LogP contribution in [0, 0.1) is 5.41 Å². The molecule has 2 aromatic heterocycles. The lowest BCUT2D eigenvalue weighted by molar-refractivity contribution is -0.134. The summed E-state index contributed by atoms with van der Waals surface area (Å²) in [4.78, 5) is 37.4. The summed E-state index contributed by atoms with van der Waals surface area (Å²) >= 11 is 3.36. The lowest BCUT2D eigenvalue weighted by Crippen LogP contribution is -2.54. The highest BCUT2D eigenvalue weighted by molar-refractivity contribution is 9.10. The Morgan fingerprint density at radius 1 is 1.24 bits per heavy atom. The SMILES string of the molecule is CC(C)(C)[C@@H](NC(=O)c1cn(COCC[Si](C)(C)C)c2ncc(Br)nc12)C(=O)N1CCCC1. The minimum absolute atomic E-state index is 0.0287. The molecule has 8 nitrogen and oxygen atoms in total. The summed E-state index contributed by atoms with van der Waals surface area (Å²) in [5.41, 5.74) is 1.02. The standard InChI is InChI=1S/C23H36BrN5O3Si/c1-23(2,3)19(22(31)28-9-7-8-10-28)27-21(30)16-14-29(15-32-11-12-33(4,5)6)20-18(16)26-17(24)13-25-20/h13-14,19H,7-12,15H2,1-6H3,(H,27,30)/t19-/m0/s1. The molecule has 0 spiro atoms. The van der Waals surface area contributed by atoms with E-state index in [1.54, 1.807) is 12.4 Å². The van der Waals surface area contributed by atoms with E-state index in [2.05, 4.69) is 50.9 Å². The Kier molecular flexibility index (Phi) is 8.01. The Hall–Kier alpha value is -1.78. The molecule has 10 heteroatoms. The normalized spacial score (nSPS) is 15.8. The summed E-state index contributed by atoms with van der Waals surface area (Å²) in [7, 11) is -1.20. The maximum atomic E-state index is 13.4. The molecule has 0 radical (unpaired) electrons. The van der Waals surface area contributed by atoms with Crippen molar-refractivity contribution in [2.75, 3.05) is 19.7 Å². The van der Waals surface area contributed by atoms with E-state index in [1.807, 2.05) is 30.2 Å². The number of carbonyl (C=O) groups excluding carboxylic acids is 2. The van der Waals surface area contributed by atoms with Crippen LogP contribution in [0.5, 0.6) is 0 Å². The van der Waals surface area contributed by atoms with Gasteiger partial charge in [-0.15, -0.1) is 0 Å². The number of hydrogen-bond donors (Lipinski definition) is 1. The van der Waals surface area contributed by atoms with Gasteiger partial charge in [0.05, 0.1) is 11.8 Å². The number of likely N-dealkylation sites (tertiary alicyclic amines) is 1. The van der Waals surface area contributed by atoms with E-state index in [4.69, 9.17) is 4.74 Å². The van der Waals surface area contributed by atoms with Crippen LogP contribution < -0.4 is 5.32 Å². The summed E-state index contributed by atoms with van der Waals surface area (Å²) in [5, 5.41) is 3.00. The molecule has 1 aliphatic heterocycles. The maximum absolute atomic E-state index is 13.4. The Labute approximate surface area is 205 Å². The molecule has 33 heavy (non-hydrogen) atoms. The van der Waals surface area contributed by atoms with Gasteiger partial charge in [-0.1, -0.05) is 40.4 Å². The molecule has 2 amide bonds. The van der Waals surface area contributed by atoms with Crippen LogP contribution in [0.3, 0.4) is 0 Å². The minimum Gasteiger partial charge on any atom is -0.361 e. The number of fused-ring (bicyclic) bond motifs is 1. The smallest absolute Gasteiger partial charge is 0.255 e. The second-order valence-electron chi connectivity index (χ2n) is 11.0. The molecule has 0 saturated carbocycles. The minimum atomic E-state index is -1.20. The number of rotatable bonds is 8. The summed E-state index contributed by atoms with van der Waals surface area (Å²) in [6, 6.07) is 0.428. The van der Waals surface area contributed by atoms with Gasteiger partial charge in [0, 0.05) is 34.0 Å². The lowest BCUT2D eigenvalue weighted by Gasteiger charge is -2.33. The van der Waals surface area contributed by atoms with Gasteiger partial charge in [-0.25, -0.2) is 9.97 Å². The van der Waals surface area contributed by atoms with Gasteiger partial charge >= 0.3 is 0 Å². The number of amides is 2. The fourth-order valence-corrected chi connectivity index (χ4v) is 4.85. The van der Waals surface area contributed by atoms with Crippen molar-refractivity contribution in [2.24, 2.45) is 5.41 Å². The molecule has 0 aliphatic carbocycles. The molecule has 1 aliphatic rings. The molecule has 0 unspecified atom stereocenters. The van der Waals surface area contributed by atoms with Crippen molar-refractivity contribution in [3.05, 3.63) is 22.6 Å². The number of nitrogens with zero attached hydrogens (tertiary/aromatic N) is 4. The summed E-state index contributed by atoms with van der Waals surface area (Å²) in [5.74, 6) is -0.361. The molecule has 182 valence electrons. The van der Waals surface area contributed by atoms with Gasteiger partial charge in [0.1, 0.15) is 22.9 Å². The van der Waals surface area contributed by atoms with Crippen LogP contribution in [0.4, 0.5) is 0 Å². The zero-order chi connectivity index (χ0) is 24.4. The third kappa shape index (κ3) is 6.63. The Balaban J connectivity index is 1.84. The molecule has 3 rings (SSSR count). The molecular formula is C23H36BrN5O3Si. The van der Waals surface area contributed by atoms with E-state index in [1.165, 1.54) is 0 Å². The molecule has 1 N–H and O–H groups in total. The predicted octanol–water partition coefficient (Wildman–Crippen LogP) is 4.27. The number of carbonyl (C=O) groups is 2. The monoisotopic (exact) mass is 537 g/mol. The lowest BCUT2D eigenvalue weighted by atomic mass is 9.85. The van der Waals surface area contributed by atoms with Gasteiger partial charge in [0.15, 0.2) is 5.65 Å².